The summed E-state index contributed by atoms with van der Waals surface area (Å²) in [5.41, 5.74) is 7.00. The highest BCUT2D eigenvalue weighted by Gasteiger charge is 2.11. The van der Waals surface area contributed by atoms with Crippen molar-refractivity contribution in [3.8, 4) is 0 Å². The van der Waals surface area contributed by atoms with Crippen LogP contribution in [-0.2, 0) is 6.42 Å². The quantitative estimate of drug-likeness (QED) is 0.898. The Bertz CT molecular complexity index is 557. The van der Waals surface area contributed by atoms with Crippen molar-refractivity contribution < 1.29 is 8.78 Å². The second-order valence-electron chi connectivity index (χ2n) is 4.10. The van der Waals surface area contributed by atoms with Crippen LogP contribution in [-0.4, -0.2) is 0 Å². The third-order valence-electron chi connectivity index (χ3n) is 2.72. The van der Waals surface area contributed by atoms with E-state index in [1.54, 1.807) is 12.1 Å². The van der Waals surface area contributed by atoms with Crippen LogP contribution in [0.5, 0.6) is 0 Å². The van der Waals surface area contributed by atoms with E-state index in [1.165, 1.54) is 30.3 Å². The van der Waals surface area contributed by atoms with Gasteiger partial charge in [-0.25, -0.2) is 8.78 Å². The molecule has 0 saturated heterocycles. The smallest absolute Gasteiger partial charge is 0.126 e. The summed E-state index contributed by atoms with van der Waals surface area (Å²) in [4.78, 5) is 0. The van der Waals surface area contributed by atoms with E-state index < -0.39 is 6.04 Å². The van der Waals surface area contributed by atoms with Crippen molar-refractivity contribution in [2.45, 2.75) is 12.5 Å². The van der Waals surface area contributed by atoms with Crippen LogP contribution < -0.4 is 5.73 Å². The van der Waals surface area contributed by atoms with Crippen LogP contribution in [0, 0.1) is 11.6 Å². The van der Waals surface area contributed by atoms with Crippen LogP contribution in [0.15, 0.2) is 42.5 Å². The maximum Gasteiger partial charge on any atom is 0.126 e. The zero-order valence-electron chi connectivity index (χ0n) is 9.54. The van der Waals surface area contributed by atoms with Gasteiger partial charge in [0.15, 0.2) is 0 Å². The van der Waals surface area contributed by atoms with Gasteiger partial charge < -0.3 is 5.73 Å². The molecule has 0 spiro atoms. The zero-order chi connectivity index (χ0) is 13.1. The molecule has 2 rings (SSSR count). The van der Waals surface area contributed by atoms with Gasteiger partial charge in [0, 0.05) is 11.1 Å². The molecule has 2 aromatic rings. The number of hydrogen-bond donors (Lipinski definition) is 1. The van der Waals surface area contributed by atoms with Crippen molar-refractivity contribution in [3.05, 3.63) is 70.2 Å². The van der Waals surface area contributed by atoms with E-state index in [4.69, 9.17) is 17.3 Å². The van der Waals surface area contributed by atoms with E-state index >= 15 is 0 Å². The second kappa shape index (κ2) is 5.46. The number of hydrogen-bond acceptors (Lipinski definition) is 1. The average Bonchev–Trinajstić information content (AvgIpc) is 2.34. The lowest BCUT2D eigenvalue weighted by molar-refractivity contribution is 0.589. The molecule has 2 aromatic carbocycles. The first-order chi connectivity index (χ1) is 8.56. The van der Waals surface area contributed by atoms with E-state index in [0.29, 0.717) is 16.1 Å². The fourth-order valence-corrected chi connectivity index (χ4v) is 1.99. The van der Waals surface area contributed by atoms with E-state index in [1.807, 2.05) is 0 Å². The van der Waals surface area contributed by atoms with Crippen LogP contribution in [0.4, 0.5) is 8.78 Å². The molecule has 4 heteroatoms. The van der Waals surface area contributed by atoms with Crippen LogP contribution in [0.1, 0.15) is 17.2 Å². The number of rotatable bonds is 3. The third-order valence-corrected chi connectivity index (χ3v) is 2.96. The molecule has 0 amide bonds. The van der Waals surface area contributed by atoms with Gasteiger partial charge in [0.1, 0.15) is 11.6 Å². The summed E-state index contributed by atoms with van der Waals surface area (Å²) in [7, 11) is 0. The van der Waals surface area contributed by atoms with Crippen LogP contribution in [0.2, 0.25) is 5.02 Å². The molecule has 0 aromatic heterocycles. The van der Waals surface area contributed by atoms with Crippen molar-refractivity contribution in [2.24, 2.45) is 5.73 Å². The minimum atomic E-state index is -0.464. The summed E-state index contributed by atoms with van der Waals surface area (Å²) < 4.78 is 26.6. The molecular weight excluding hydrogens is 256 g/mol. The van der Waals surface area contributed by atoms with Gasteiger partial charge >= 0.3 is 0 Å². The molecule has 0 bridgehead atoms. The molecule has 1 unspecified atom stereocenters. The van der Waals surface area contributed by atoms with E-state index in [0.717, 1.165) is 0 Å². The minimum Gasteiger partial charge on any atom is -0.324 e. The summed E-state index contributed by atoms with van der Waals surface area (Å²) in [6.07, 6.45) is 0.274. The summed E-state index contributed by atoms with van der Waals surface area (Å²) in [5.74, 6) is -0.708. The molecular formula is C14H12ClF2N. The molecule has 94 valence electrons. The normalized spacial score (nSPS) is 12.4. The Morgan fingerprint density at radius 2 is 1.89 bits per heavy atom. The van der Waals surface area contributed by atoms with Crippen LogP contribution >= 0.6 is 11.6 Å². The monoisotopic (exact) mass is 267 g/mol. The van der Waals surface area contributed by atoms with Gasteiger partial charge in [0.2, 0.25) is 0 Å². The lowest BCUT2D eigenvalue weighted by Gasteiger charge is -2.13. The molecule has 0 aliphatic carbocycles. The van der Waals surface area contributed by atoms with Crippen molar-refractivity contribution in [2.75, 3.05) is 0 Å². The first-order valence-corrected chi connectivity index (χ1v) is 5.89. The SMILES string of the molecule is NC(Cc1cc(Cl)ccc1F)c1cccc(F)c1. The van der Waals surface area contributed by atoms with Crippen molar-refractivity contribution >= 4 is 11.6 Å². The molecule has 0 aliphatic rings. The Balaban J connectivity index is 2.21. The van der Waals surface area contributed by atoms with E-state index in [2.05, 4.69) is 0 Å². The fourth-order valence-electron chi connectivity index (χ4n) is 1.79. The molecule has 2 N–H and O–H groups in total. The molecule has 0 fully saturated rings. The Kier molecular flexibility index (Phi) is 3.94. The van der Waals surface area contributed by atoms with Gasteiger partial charge in [-0.1, -0.05) is 23.7 Å². The molecule has 0 aliphatic heterocycles. The van der Waals surface area contributed by atoms with E-state index in [9.17, 15) is 8.78 Å². The molecule has 1 nitrogen and oxygen atoms in total. The summed E-state index contributed by atoms with van der Waals surface area (Å²) in [5, 5.41) is 0.456. The Morgan fingerprint density at radius 1 is 1.11 bits per heavy atom. The van der Waals surface area contributed by atoms with Gasteiger partial charge in [0.25, 0.3) is 0 Å². The first-order valence-electron chi connectivity index (χ1n) is 5.51. The number of halogens is 3. The highest BCUT2D eigenvalue weighted by molar-refractivity contribution is 6.30. The largest absolute Gasteiger partial charge is 0.324 e. The number of benzene rings is 2. The van der Waals surface area contributed by atoms with Crippen molar-refractivity contribution in [3.63, 3.8) is 0 Å². The summed E-state index contributed by atoms with van der Waals surface area (Å²) in [6, 6.07) is 9.85. The topological polar surface area (TPSA) is 26.0 Å². The first kappa shape index (κ1) is 13.0. The van der Waals surface area contributed by atoms with Crippen LogP contribution in [0.3, 0.4) is 0 Å². The van der Waals surface area contributed by atoms with Crippen molar-refractivity contribution in [1.82, 2.24) is 0 Å². The highest BCUT2D eigenvalue weighted by Crippen LogP contribution is 2.21. The zero-order valence-corrected chi connectivity index (χ0v) is 10.3. The Morgan fingerprint density at radius 3 is 2.61 bits per heavy atom. The maximum atomic E-state index is 13.5. The third kappa shape index (κ3) is 3.06. The molecule has 1 atom stereocenters. The Hall–Kier alpha value is -1.45. The molecule has 0 saturated carbocycles. The molecule has 0 heterocycles. The van der Waals surface area contributed by atoms with Crippen molar-refractivity contribution in [1.29, 1.82) is 0 Å². The van der Waals surface area contributed by atoms with Gasteiger partial charge in [-0.3, -0.25) is 0 Å². The van der Waals surface area contributed by atoms with Gasteiger partial charge in [-0.15, -0.1) is 0 Å². The maximum absolute atomic E-state index is 13.5. The molecule has 18 heavy (non-hydrogen) atoms. The fraction of sp³-hybridized carbons (Fsp3) is 0.143. The molecule has 0 radical (unpaired) electrons. The predicted octanol–water partition coefficient (Wildman–Crippen LogP) is 3.86. The number of nitrogens with two attached hydrogens (primary N) is 1. The summed E-state index contributed by atoms with van der Waals surface area (Å²) in [6.45, 7) is 0. The van der Waals surface area contributed by atoms with Gasteiger partial charge in [-0.05, 0) is 47.9 Å². The average molecular weight is 268 g/mol. The lowest BCUT2D eigenvalue weighted by atomic mass is 9.99. The van der Waals surface area contributed by atoms with Crippen LogP contribution in [0.25, 0.3) is 0 Å². The second-order valence-corrected chi connectivity index (χ2v) is 4.54. The predicted molar refractivity (Wildman–Crippen MR) is 68.4 cm³/mol. The van der Waals surface area contributed by atoms with E-state index in [-0.39, 0.29) is 18.1 Å². The Labute approximate surface area is 109 Å². The van der Waals surface area contributed by atoms with Gasteiger partial charge in [0.05, 0.1) is 0 Å². The standard InChI is InChI=1S/C14H12ClF2N/c15-11-4-5-13(17)10(6-11)8-14(18)9-2-1-3-12(16)7-9/h1-7,14H,8,18H2. The van der Waals surface area contributed by atoms with Gasteiger partial charge in [-0.2, -0.15) is 0 Å². The highest BCUT2D eigenvalue weighted by atomic mass is 35.5. The summed E-state index contributed by atoms with van der Waals surface area (Å²) >= 11 is 5.80. The lowest BCUT2D eigenvalue weighted by Crippen LogP contribution is -2.14. The minimum absolute atomic E-state index is 0.274.